The van der Waals surface area contributed by atoms with Crippen LogP contribution in [0.2, 0.25) is 0 Å². The van der Waals surface area contributed by atoms with Crippen molar-refractivity contribution in [3.8, 4) is 0 Å². The van der Waals surface area contributed by atoms with Gasteiger partial charge in [-0.25, -0.2) is 0 Å². The van der Waals surface area contributed by atoms with E-state index in [2.05, 4.69) is 10.6 Å². The van der Waals surface area contributed by atoms with Gasteiger partial charge in [-0.2, -0.15) is 13.2 Å². The number of halogens is 3. The van der Waals surface area contributed by atoms with Gasteiger partial charge in [-0.15, -0.1) is 0 Å². The van der Waals surface area contributed by atoms with Gasteiger partial charge in [0.2, 0.25) is 0 Å². The summed E-state index contributed by atoms with van der Waals surface area (Å²) in [7, 11) is 0. The molecule has 0 saturated carbocycles. The highest BCUT2D eigenvalue weighted by Gasteiger charge is 2.33. The van der Waals surface area contributed by atoms with Crippen molar-refractivity contribution in [1.29, 1.82) is 0 Å². The van der Waals surface area contributed by atoms with Gasteiger partial charge in [0.15, 0.2) is 0 Å². The Morgan fingerprint density at radius 3 is 2.56 bits per heavy atom. The van der Waals surface area contributed by atoms with E-state index in [4.69, 9.17) is 0 Å². The monoisotopic (exact) mass is 350 g/mol. The van der Waals surface area contributed by atoms with Crippen LogP contribution in [-0.4, -0.2) is 30.9 Å². The fourth-order valence-corrected chi connectivity index (χ4v) is 3.71. The van der Waals surface area contributed by atoms with Crippen LogP contribution in [0.4, 0.5) is 18.9 Å². The highest BCUT2D eigenvalue weighted by molar-refractivity contribution is 5.94. The van der Waals surface area contributed by atoms with Crippen molar-refractivity contribution < 1.29 is 13.2 Å². The predicted octanol–water partition coefficient (Wildman–Crippen LogP) is 3.47. The lowest BCUT2D eigenvalue weighted by Gasteiger charge is -2.27. The summed E-state index contributed by atoms with van der Waals surface area (Å²) in [5.74, 6) is 0. The standard InChI is InChI=1S/C18H21F3N4/c19-18(20,21)13-10-16(24-8-1-5-23-12-24)15-4-9-25(17(15)11-13)14-2-6-22-7-3-14/h1,4,8-11,14,22-23H,2-3,5-7,12H2. The SMILES string of the molecule is FC(F)(F)c1cc(N2C=CCNC2)c2ccn(C3CCNCC3)c2c1. The molecule has 7 heteroatoms. The van der Waals surface area contributed by atoms with Crippen LogP contribution in [-0.2, 0) is 6.18 Å². The molecule has 1 aromatic carbocycles. The summed E-state index contributed by atoms with van der Waals surface area (Å²) < 4.78 is 42.4. The van der Waals surface area contributed by atoms with Gasteiger partial charge in [-0.3, -0.25) is 5.32 Å². The number of fused-ring (bicyclic) bond motifs is 1. The first-order valence-electron chi connectivity index (χ1n) is 8.60. The number of rotatable bonds is 2. The third-order valence-corrected chi connectivity index (χ3v) is 4.98. The van der Waals surface area contributed by atoms with Crippen LogP contribution in [0.15, 0.2) is 36.7 Å². The molecular formula is C18H21F3N4. The number of piperidine rings is 1. The molecule has 2 N–H and O–H groups in total. The molecule has 2 aromatic rings. The summed E-state index contributed by atoms with van der Waals surface area (Å²) in [5, 5.41) is 7.33. The van der Waals surface area contributed by atoms with Crippen LogP contribution >= 0.6 is 0 Å². The zero-order chi connectivity index (χ0) is 17.4. The van der Waals surface area contributed by atoms with Gasteiger partial charge >= 0.3 is 6.18 Å². The van der Waals surface area contributed by atoms with Crippen LogP contribution in [0.3, 0.4) is 0 Å². The van der Waals surface area contributed by atoms with E-state index in [-0.39, 0.29) is 6.04 Å². The van der Waals surface area contributed by atoms with E-state index >= 15 is 0 Å². The number of nitrogens with one attached hydrogen (secondary N) is 2. The van der Waals surface area contributed by atoms with E-state index in [1.165, 1.54) is 12.1 Å². The molecule has 0 unspecified atom stereocenters. The minimum absolute atomic E-state index is 0.241. The summed E-state index contributed by atoms with van der Waals surface area (Å²) in [5.41, 5.74) is 0.666. The first-order valence-corrected chi connectivity index (χ1v) is 8.60. The first kappa shape index (κ1) is 16.5. The fraction of sp³-hybridized carbons (Fsp3) is 0.444. The van der Waals surface area contributed by atoms with Crippen LogP contribution in [0, 0.1) is 0 Å². The molecule has 2 aliphatic heterocycles. The van der Waals surface area contributed by atoms with Crippen molar-refractivity contribution in [1.82, 2.24) is 15.2 Å². The van der Waals surface area contributed by atoms with Gasteiger partial charge in [0.1, 0.15) is 0 Å². The minimum Gasteiger partial charge on any atom is -0.344 e. The lowest BCUT2D eigenvalue weighted by atomic mass is 10.1. The second-order valence-electron chi connectivity index (χ2n) is 6.60. The predicted molar refractivity (Wildman–Crippen MR) is 92.6 cm³/mol. The van der Waals surface area contributed by atoms with Crippen molar-refractivity contribution >= 4 is 16.6 Å². The lowest BCUT2D eigenvalue weighted by Crippen LogP contribution is -2.34. The Labute approximate surface area is 144 Å². The Bertz CT molecular complexity index is 787. The second-order valence-corrected chi connectivity index (χ2v) is 6.60. The maximum absolute atomic E-state index is 13.5. The quantitative estimate of drug-likeness (QED) is 0.870. The Morgan fingerprint density at radius 2 is 1.88 bits per heavy atom. The Hall–Kier alpha value is -1.99. The molecule has 2 aliphatic rings. The summed E-state index contributed by atoms with van der Waals surface area (Å²) in [6.07, 6.45) is 3.21. The average molecular weight is 350 g/mol. The van der Waals surface area contributed by atoms with E-state index in [0.29, 0.717) is 17.9 Å². The van der Waals surface area contributed by atoms with Gasteiger partial charge < -0.3 is 14.8 Å². The molecule has 4 rings (SSSR count). The van der Waals surface area contributed by atoms with Crippen LogP contribution < -0.4 is 15.5 Å². The maximum Gasteiger partial charge on any atom is 0.416 e. The van der Waals surface area contributed by atoms with Gasteiger partial charge in [-0.05, 0) is 44.1 Å². The molecule has 1 aromatic heterocycles. The van der Waals surface area contributed by atoms with Crippen molar-refractivity contribution in [3.63, 3.8) is 0 Å². The van der Waals surface area contributed by atoms with Crippen LogP contribution in [0.5, 0.6) is 0 Å². The van der Waals surface area contributed by atoms with E-state index in [1.54, 1.807) is 0 Å². The summed E-state index contributed by atoms with van der Waals surface area (Å²) in [6, 6.07) is 4.73. The smallest absolute Gasteiger partial charge is 0.344 e. The summed E-state index contributed by atoms with van der Waals surface area (Å²) >= 11 is 0. The molecule has 4 nitrogen and oxygen atoms in total. The average Bonchev–Trinajstić information content (AvgIpc) is 3.06. The third kappa shape index (κ3) is 3.14. The van der Waals surface area contributed by atoms with Crippen LogP contribution in [0.1, 0.15) is 24.4 Å². The van der Waals surface area contributed by atoms with Crippen molar-refractivity contribution in [2.75, 3.05) is 31.2 Å². The number of aromatic nitrogens is 1. The van der Waals surface area contributed by atoms with Crippen LogP contribution in [0.25, 0.3) is 10.9 Å². The Morgan fingerprint density at radius 1 is 1.08 bits per heavy atom. The number of benzene rings is 1. The molecule has 0 spiro atoms. The number of hydrogen-bond donors (Lipinski definition) is 2. The molecule has 25 heavy (non-hydrogen) atoms. The van der Waals surface area contributed by atoms with Crippen molar-refractivity contribution in [2.45, 2.75) is 25.1 Å². The molecule has 3 heterocycles. The summed E-state index contributed by atoms with van der Waals surface area (Å²) in [6.45, 7) is 3.03. The van der Waals surface area contributed by atoms with E-state index in [9.17, 15) is 13.2 Å². The highest BCUT2D eigenvalue weighted by Crippen LogP contribution is 2.39. The zero-order valence-corrected chi connectivity index (χ0v) is 13.8. The van der Waals surface area contributed by atoms with Crippen molar-refractivity contribution in [3.05, 3.63) is 42.2 Å². The second kappa shape index (κ2) is 6.38. The highest BCUT2D eigenvalue weighted by atomic mass is 19.4. The molecule has 0 amide bonds. The third-order valence-electron chi connectivity index (χ3n) is 4.98. The first-order chi connectivity index (χ1) is 12.0. The Kier molecular flexibility index (Phi) is 4.21. The molecule has 0 atom stereocenters. The Balaban J connectivity index is 1.87. The van der Waals surface area contributed by atoms with E-state index in [0.717, 1.165) is 37.9 Å². The fourth-order valence-electron chi connectivity index (χ4n) is 3.71. The lowest BCUT2D eigenvalue weighted by molar-refractivity contribution is -0.137. The molecule has 1 saturated heterocycles. The minimum atomic E-state index is -4.36. The topological polar surface area (TPSA) is 32.2 Å². The van der Waals surface area contributed by atoms with Gasteiger partial charge in [0.25, 0.3) is 0 Å². The van der Waals surface area contributed by atoms with E-state index in [1.807, 2.05) is 34.0 Å². The van der Waals surface area contributed by atoms with Gasteiger partial charge in [-0.1, -0.05) is 6.08 Å². The number of alkyl halides is 3. The molecule has 0 bridgehead atoms. The number of anilines is 1. The number of nitrogens with zero attached hydrogens (tertiary/aromatic N) is 2. The van der Waals surface area contributed by atoms with Crippen molar-refractivity contribution in [2.24, 2.45) is 0 Å². The number of hydrogen-bond acceptors (Lipinski definition) is 3. The molecular weight excluding hydrogens is 329 g/mol. The summed E-state index contributed by atoms with van der Waals surface area (Å²) in [4.78, 5) is 1.84. The van der Waals surface area contributed by atoms with Gasteiger partial charge in [0, 0.05) is 30.4 Å². The molecule has 0 radical (unpaired) electrons. The normalized spacial score (nSPS) is 19.7. The van der Waals surface area contributed by atoms with E-state index < -0.39 is 11.7 Å². The molecule has 1 fully saturated rings. The maximum atomic E-state index is 13.5. The largest absolute Gasteiger partial charge is 0.416 e. The molecule has 0 aliphatic carbocycles. The molecule has 134 valence electrons. The zero-order valence-electron chi connectivity index (χ0n) is 13.8. The van der Waals surface area contributed by atoms with Gasteiger partial charge in [0.05, 0.1) is 23.4 Å².